The molecule has 0 saturated carbocycles. The number of hydrogen-bond acceptors (Lipinski definition) is 5. The zero-order chi connectivity index (χ0) is 19.1. The van der Waals surface area contributed by atoms with Gasteiger partial charge in [0.15, 0.2) is 6.29 Å². The van der Waals surface area contributed by atoms with Crippen molar-refractivity contribution in [2.24, 2.45) is 0 Å². The molecule has 2 aromatic carbocycles. The summed E-state index contributed by atoms with van der Waals surface area (Å²) in [5.41, 5.74) is 4.74. The van der Waals surface area contributed by atoms with Crippen molar-refractivity contribution >= 4 is 17.3 Å². The summed E-state index contributed by atoms with van der Waals surface area (Å²) < 4.78 is 17.6. The maximum atomic E-state index is 11.2. The van der Waals surface area contributed by atoms with Crippen LogP contribution in [0.5, 0.6) is 17.2 Å². The minimum atomic E-state index is -0.103. The molecule has 3 aromatic rings. The van der Waals surface area contributed by atoms with Gasteiger partial charge in [-0.1, -0.05) is 11.6 Å². The topological polar surface area (TPSA) is 68.9 Å². The van der Waals surface area contributed by atoms with Crippen LogP contribution in [0.1, 0.15) is 35.3 Å². The van der Waals surface area contributed by atoms with E-state index in [-0.39, 0.29) is 11.3 Å². The molecule has 0 saturated heterocycles. The molecule has 138 valence electrons. The van der Waals surface area contributed by atoms with Crippen LogP contribution >= 0.6 is 0 Å². The van der Waals surface area contributed by atoms with E-state index in [0.717, 1.165) is 27.8 Å². The normalized spacial score (nSPS) is 12.1. The maximum Gasteiger partial charge on any atom is 0.153 e. The molecule has 1 aliphatic rings. The molecule has 5 heteroatoms. The number of aromatic hydroxyl groups is 1. The van der Waals surface area contributed by atoms with Crippen LogP contribution in [0.2, 0.25) is 0 Å². The second kappa shape index (κ2) is 6.50. The number of carbonyl (C=O) groups is 1. The number of hydrogen-bond donors (Lipinski definition) is 1. The second-order valence-electron chi connectivity index (χ2n) is 6.83. The van der Waals surface area contributed by atoms with Crippen molar-refractivity contribution in [2.75, 3.05) is 7.11 Å². The van der Waals surface area contributed by atoms with Crippen molar-refractivity contribution in [1.82, 2.24) is 0 Å². The third-order valence-electron chi connectivity index (χ3n) is 4.83. The summed E-state index contributed by atoms with van der Waals surface area (Å²) in [4.78, 5) is 11.2. The molecular formula is C22H20O5. The summed E-state index contributed by atoms with van der Waals surface area (Å²) in [6.07, 6.45) is 3.44. The Morgan fingerprint density at radius 2 is 2.11 bits per heavy atom. The van der Waals surface area contributed by atoms with Crippen LogP contribution < -0.4 is 9.47 Å². The summed E-state index contributed by atoms with van der Waals surface area (Å²) in [6.45, 7) is 4.44. The Balaban J connectivity index is 1.97. The lowest BCUT2D eigenvalue weighted by atomic mass is 9.99. The number of fused-ring (bicyclic) bond motifs is 5. The summed E-state index contributed by atoms with van der Waals surface area (Å²) in [5.74, 6) is 1.84. The van der Waals surface area contributed by atoms with Crippen LogP contribution in [0.15, 0.2) is 40.3 Å². The minimum absolute atomic E-state index is 0.103. The molecule has 0 fully saturated rings. The van der Waals surface area contributed by atoms with Crippen LogP contribution in [0, 0.1) is 0 Å². The summed E-state index contributed by atoms with van der Waals surface area (Å²) in [7, 11) is 1.65. The smallest absolute Gasteiger partial charge is 0.153 e. The van der Waals surface area contributed by atoms with Crippen molar-refractivity contribution in [2.45, 2.75) is 26.9 Å². The van der Waals surface area contributed by atoms with Crippen LogP contribution in [0.3, 0.4) is 0 Å². The van der Waals surface area contributed by atoms with Gasteiger partial charge in [-0.2, -0.15) is 0 Å². The van der Waals surface area contributed by atoms with Gasteiger partial charge >= 0.3 is 0 Å². The van der Waals surface area contributed by atoms with Crippen LogP contribution in [-0.4, -0.2) is 18.5 Å². The van der Waals surface area contributed by atoms with Crippen molar-refractivity contribution in [1.29, 1.82) is 0 Å². The largest absolute Gasteiger partial charge is 0.507 e. The predicted octanol–water partition coefficient (Wildman–Crippen LogP) is 5.03. The number of phenols is 1. The SMILES string of the molecule is COc1ccc2c3c(oc2c1CC=C(C)C)-c1cc(C=O)c(O)cc1OC3. The maximum absolute atomic E-state index is 11.2. The van der Waals surface area contributed by atoms with E-state index in [9.17, 15) is 9.90 Å². The molecule has 1 aromatic heterocycles. The number of rotatable bonds is 4. The monoisotopic (exact) mass is 364 g/mol. The molecule has 0 unspecified atom stereocenters. The lowest BCUT2D eigenvalue weighted by Gasteiger charge is -2.17. The van der Waals surface area contributed by atoms with E-state index >= 15 is 0 Å². The molecule has 0 amide bonds. The predicted molar refractivity (Wildman–Crippen MR) is 103 cm³/mol. The molecule has 0 atom stereocenters. The fourth-order valence-corrected chi connectivity index (χ4v) is 3.43. The Bertz CT molecular complexity index is 1080. The van der Waals surface area contributed by atoms with Gasteiger partial charge in [0.2, 0.25) is 0 Å². The molecule has 0 aliphatic carbocycles. The number of phenolic OH excluding ortho intramolecular Hbond substituents is 1. The number of carbonyl (C=O) groups excluding carboxylic acids is 1. The quantitative estimate of drug-likeness (QED) is 0.519. The fraction of sp³-hybridized carbons (Fsp3) is 0.227. The Kier molecular flexibility index (Phi) is 4.15. The molecule has 2 heterocycles. The first-order valence-corrected chi connectivity index (χ1v) is 8.73. The third-order valence-corrected chi connectivity index (χ3v) is 4.83. The van der Waals surface area contributed by atoms with Gasteiger partial charge in [0.25, 0.3) is 0 Å². The summed E-state index contributed by atoms with van der Waals surface area (Å²) in [5, 5.41) is 10.9. The standard InChI is InChI=1S/C22H20O5/c1-12(2)4-5-15-19(25-3)7-6-14-17-11-26-20-9-18(24)13(10-23)8-16(20)22(17)27-21(14)15/h4,6-10,24H,5,11H2,1-3H3. The van der Waals surface area contributed by atoms with Crippen LogP contribution in [-0.2, 0) is 13.0 Å². The third kappa shape index (κ3) is 2.76. The highest BCUT2D eigenvalue weighted by Crippen LogP contribution is 2.46. The van der Waals surface area contributed by atoms with Crippen LogP contribution in [0.25, 0.3) is 22.3 Å². The summed E-state index contributed by atoms with van der Waals surface area (Å²) >= 11 is 0. The fourth-order valence-electron chi connectivity index (χ4n) is 3.43. The average molecular weight is 364 g/mol. The lowest BCUT2D eigenvalue weighted by Crippen LogP contribution is -2.04. The molecule has 27 heavy (non-hydrogen) atoms. The molecule has 1 N–H and O–H groups in total. The van der Waals surface area contributed by atoms with Crippen molar-refractivity contribution in [3.05, 3.63) is 52.6 Å². The first-order chi connectivity index (χ1) is 13.0. The Morgan fingerprint density at radius 3 is 2.81 bits per heavy atom. The number of aldehydes is 1. The van der Waals surface area contributed by atoms with Gasteiger partial charge in [-0.25, -0.2) is 0 Å². The Hall–Kier alpha value is -3.21. The second-order valence-corrected chi connectivity index (χ2v) is 6.83. The number of allylic oxidation sites excluding steroid dienone is 2. The van der Waals surface area contributed by atoms with Gasteiger partial charge in [-0.3, -0.25) is 4.79 Å². The molecule has 4 rings (SSSR count). The van der Waals surface area contributed by atoms with Gasteiger partial charge in [-0.05, 0) is 38.5 Å². The highest BCUT2D eigenvalue weighted by Gasteiger charge is 2.27. The van der Waals surface area contributed by atoms with Gasteiger partial charge in [0.05, 0.1) is 18.2 Å². The number of ether oxygens (including phenoxy) is 2. The zero-order valence-corrected chi connectivity index (χ0v) is 15.5. The molecule has 1 aliphatic heterocycles. The average Bonchev–Trinajstić information content (AvgIpc) is 3.04. The van der Waals surface area contributed by atoms with E-state index in [1.165, 1.54) is 11.6 Å². The van der Waals surface area contributed by atoms with E-state index < -0.39 is 0 Å². The Labute approximate surface area is 156 Å². The molecule has 0 radical (unpaired) electrons. The van der Waals surface area contributed by atoms with Crippen molar-refractivity contribution in [3.63, 3.8) is 0 Å². The molecular weight excluding hydrogens is 344 g/mol. The highest BCUT2D eigenvalue weighted by atomic mass is 16.5. The van der Waals surface area contributed by atoms with E-state index in [0.29, 0.717) is 36.4 Å². The lowest BCUT2D eigenvalue weighted by molar-refractivity contribution is 0.112. The van der Waals surface area contributed by atoms with Crippen LogP contribution in [0.4, 0.5) is 0 Å². The number of benzene rings is 2. The Morgan fingerprint density at radius 1 is 1.30 bits per heavy atom. The van der Waals surface area contributed by atoms with Crippen molar-refractivity contribution < 1.29 is 23.8 Å². The summed E-state index contributed by atoms with van der Waals surface area (Å²) in [6, 6.07) is 6.97. The van der Waals surface area contributed by atoms with E-state index in [2.05, 4.69) is 19.9 Å². The molecule has 0 spiro atoms. The van der Waals surface area contributed by atoms with Gasteiger partial charge in [-0.15, -0.1) is 0 Å². The van der Waals surface area contributed by atoms with Gasteiger partial charge in [0.1, 0.15) is 35.2 Å². The number of methoxy groups -OCH3 is 1. The molecule has 5 nitrogen and oxygen atoms in total. The van der Waals surface area contributed by atoms with Gasteiger partial charge in [0, 0.05) is 22.6 Å². The minimum Gasteiger partial charge on any atom is -0.507 e. The van der Waals surface area contributed by atoms with Crippen molar-refractivity contribution in [3.8, 4) is 28.6 Å². The molecule has 0 bridgehead atoms. The highest BCUT2D eigenvalue weighted by molar-refractivity contribution is 5.94. The number of furan rings is 1. The first-order valence-electron chi connectivity index (χ1n) is 8.73. The van der Waals surface area contributed by atoms with Gasteiger partial charge < -0.3 is 19.0 Å². The van der Waals surface area contributed by atoms with E-state index in [4.69, 9.17) is 13.9 Å². The van der Waals surface area contributed by atoms with E-state index in [1.807, 2.05) is 12.1 Å². The van der Waals surface area contributed by atoms with E-state index in [1.54, 1.807) is 13.2 Å². The zero-order valence-electron chi connectivity index (χ0n) is 15.5. The first kappa shape index (κ1) is 17.2.